The summed E-state index contributed by atoms with van der Waals surface area (Å²) in [5.74, 6) is -0.388. The van der Waals surface area contributed by atoms with Gasteiger partial charge in [0.05, 0.1) is 23.2 Å². The number of hydrogen-bond donors (Lipinski definition) is 2. The average Bonchev–Trinajstić information content (AvgIpc) is 2.82. The first-order valence-electron chi connectivity index (χ1n) is 6.99. The molecule has 0 saturated carbocycles. The molecule has 0 fully saturated rings. The van der Waals surface area contributed by atoms with Crippen LogP contribution >= 0.6 is 11.6 Å². The lowest BCUT2D eigenvalue weighted by Gasteiger charge is -2.08. The van der Waals surface area contributed by atoms with Crippen LogP contribution in [-0.2, 0) is 11.3 Å². The molecule has 0 saturated heterocycles. The lowest BCUT2D eigenvalue weighted by atomic mass is 10.3. The molecular weight excluding hydrogens is 337 g/mol. The van der Waals surface area contributed by atoms with Crippen LogP contribution in [0.25, 0.3) is 11.0 Å². The highest BCUT2D eigenvalue weighted by molar-refractivity contribution is 6.32. The zero-order valence-electron chi connectivity index (χ0n) is 12.6. The molecule has 0 spiro atoms. The highest BCUT2D eigenvalue weighted by atomic mass is 35.5. The van der Waals surface area contributed by atoms with E-state index in [-0.39, 0.29) is 6.54 Å². The molecule has 2 N–H and O–H groups in total. The van der Waals surface area contributed by atoms with Crippen molar-refractivity contribution in [2.24, 2.45) is 0 Å². The maximum Gasteiger partial charge on any atom is 0.326 e. The third kappa shape index (κ3) is 3.11. The Hall–Kier alpha value is -2.80. The van der Waals surface area contributed by atoms with Gasteiger partial charge >= 0.3 is 5.69 Å². The highest BCUT2D eigenvalue weighted by Gasteiger charge is 2.12. The second-order valence-electron chi connectivity index (χ2n) is 5.08. The van der Waals surface area contributed by atoms with Crippen LogP contribution in [0.5, 0.6) is 5.75 Å². The molecule has 0 atom stereocenters. The van der Waals surface area contributed by atoms with Gasteiger partial charge < -0.3 is 15.0 Å². The van der Waals surface area contributed by atoms with E-state index in [1.165, 1.54) is 29.9 Å². The van der Waals surface area contributed by atoms with E-state index in [9.17, 15) is 14.0 Å². The van der Waals surface area contributed by atoms with Gasteiger partial charge in [0.1, 0.15) is 18.1 Å². The molecule has 0 radical (unpaired) electrons. The lowest BCUT2D eigenvalue weighted by Crippen LogP contribution is -2.25. The number of aromatic amines is 1. The van der Waals surface area contributed by atoms with Crippen LogP contribution in [0.15, 0.2) is 41.2 Å². The van der Waals surface area contributed by atoms with E-state index in [1.54, 1.807) is 18.2 Å². The highest BCUT2D eigenvalue weighted by Crippen LogP contribution is 2.27. The number of H-pyrrole nitrogens is 1. The van der Waals surface area contributed by atoms with Gasteiger partial charge in [0.2, 0.25) is 5.91 Å². The second kappa shape index (κ2) is 6.37. The summed E-state index contributed by atoms with van der Waals surface area (Å²) in [5, 5.41) is 3.01. The van der Waals surface area contributed by atoms with Crippen molar-refractivity contribution < 1.29 is 13.9 Å². The molecule has 3 rings (SSSR count). The quantitative estimate of drug-likeness (QED) is 0.760. The summed E-state index contributed by atoms with van der Waals surface area (Å²) >= 11 is 6.00. The SMILES string of the molecule is COc1ccc(NC(=O)Cn2c(=O)[nH]c3cc(F)ccc32)cc1Cl. The number of carbonyl (C=O) groups excluding carboxylic acids is 1. The maximum atomic E-state index is 13.2. The van der Waals surface area contributed by atoms with Gasteiger partial charge in [0.25, 0.3) is 0 Å². The topological polar surface area (TPSA) is 76.1 Å². The molecule has 0 aliphatic heterocycles. The zero-order valence-corrected chi connectivity index (χ0v) is 13.4. The average molecular weight is 350 g/mol. The number of halogens is 2. The van der Waals surface area contributed by atoms with Crippen LogP contribution in [-0.4, -0.2) is 22.6 Å². The number of nitrogens with one attached hydrogen (secondary N) is 2. The maximum absolute atomic E-state index is 13.2. The van der Waals surface area contributed by atoms with Crippen molar-refractivity contribution in [1.29, 1.82) is 0 Å². The van der Waals surface area contributed by atoms with Gasteiger partial charge in [-0.25, -0.2) is 9.18 Å². The van der Waals surface area contributed by atoms with Crippen molar-refractivity contribution in [3.8, 4) is 5.75 Å². The van der Waals surface area contributed by atoms with Crippen LogP contribution in [0.2, 0.25) is 5.02 Å². The summed E-state index contributed by atoms with van der Waals surface area (Å²) in [6.45, 7) is -0.214. The van der Waals surface area contributed by atoms with E-state index < -0.39 is 17.4 Å². The monoisotopic (exact) mass is 349 g/mol. The molecule has 3 aromatic rings. The van der Waals surface area contributed by atoms with Gasteiger partial charge in [-0.2, -0.15) is 0 Å². The second-order valence-corrected chi connectivity index (χ2v) is 5.48. The molecule has 24 heavy (non-hydrogen) atoms. The Kier molecular flexibility index (Phi) is 4.26. The Morgan fingerprint density at radius 1 is 1.33 bits per heavy atom. The third-order valence-corrected chi connectivity index (χ3v) is 3.77. The van der Waals surface area contributed by atoms with E-state index >= 15 is 0 Å². The molecule has 1 aromatic heterocycles. The first kappa shape index (κ1) is 16.1. The van der Waals surface area contributed by atoms with Gasteiger partial charge in [0, 0.05) is 5.69 Å². The molecule has 0 unspecified atom stereocenters. The number of hydrogen-bond acceptors (Lipinski definition) is 3. The molecule has 0 bridgehead atoms. The largest absolute Gasteiger partial charge is 0.495 e. The number of fused-ring (bicyclic) bond motifs is 1. The number of imidazole rings is 1. The van der Waals surface area contributed by atoms with Gasteiger partial charge in [-0.15, -0.1) is 0 Å². The summed E-state index contributed by atoms with van der Waals surface area (Å²) in [6.07, 6.45) is 0. The minimum Gasteiger partial charge on any atom is -0.495 e. The number of ether oxygens (including phenoxy) is 1. The fourth-order valence-electron chi connectivity index (χ4n) is 2.38. The zero-order chi connectivity index (χ0) is 17.3. The van der Waals surface area contributed by atoms with Crippen molar-refractivity contribution in [3.63, 3.8) is 0 Å². The van der Waals surface area contributed by atoms with Crippen molar-refractivity contribution in [2.75, 3.05) is 12.4 Å². The van der Waals surface area contributed by atoms with Crippen LogP contribution in [0.4, 0.5) is 10.1 Å². The molecule has 2 aromatic carbocycles. The van der Waals surface area contributed by atoms with Crippen LogP contribution < -0.4 is 15.7 Å². The summed E-state index contributed by atoms with van der Waals surface area (Å²) in [7, 11) is 1.49. The Labute approximate surface area is 140 Å². The number of rotatable bonds is 4. The van der Waals surface area contributed by atoms with Crippen LogP contribution in [0, 0.1) is 5.82 Å². The van der Waals surface area contributed by atoms with Crippen molar-refractivity contribution in [2.45, 2.75) is 6.54 Å². The van der Waals surface area contributed by atoms with Gasteiger partial charge in [-0.1, -0.05) is 11.6 Å². The fourth-order valence-corrected chi connectivity index (χ4v) is 2.64. The number of amides is 1. The Morgan fingerprint density at radius 2 is 2.12 bits per heavy atom. The van der Waals surface area contributed by atoms with E-state index in [1.807, 2.05) is 0 Å². The number of aromatic nitrogens is 2. The molecule has 8 heteroatoms. The van der Waals surface area contributed by atoms with Crippen molar-refractivity contribution in [1.82, 2.24) is 9.55 Å². The minimum absolute atomic E-state index is 0.214. The minimum atomic E-state index is -0.487. The van der Waals surface area contributed by atoms with E-state index in [2.05, 4.69) is 10.3 Å². The molecular formula is C16H13ClFN3O3. The Balaban J connectivity index is 1.81. The Bertz CT molecular complexity index is 980. The van der Waals surface area contributed by atoms with Crippen LogP contribution in [0.1, 0.15) is 0 Å². The number of carbonyl (C=O) groups is 1. The Morgan fingerprint density at radius 3 is 2.83 bits per heavy atom. The smallest absolute Gasteiger partial charge is 0.326 e. The molecule has 124 valence electrons. The molecule has 6 nitrogen and oxygen atoms in total. The first-order chi connectivity index (χ1) is 11.5. The summed E-state index contributed by atoms with van der Waals surface area (Å²) < 4.78 is 19.5. The molecule has 1 heterocycles. The van der Waals surface area contributed by atoms with E-state index in [0.717, 1.165) is 0 Å². The van der Waals surface area contributed by atoms with Gasteiger partial charge in [-0.05, 0) is 36.4 Å². The standard InChI is InChI=1S/C16H13ClFN3O3/c1-24-14-5-3-10(7-11(14)17)19-15(22)8-21-13-4-2-9(18)6-12(13)20-16(21)23/h2-7H,8H2,1H3,(H,19,22)(H,20,23). The number of methoxy groups -OCH3 is 1. The van der Waals surface area contributed by atoms with Gasteiger partial charge in [0.15, 0.2) is 0 Å². The van der Waals surface area contributed by atoms with Crippen molar-refractivity contribution in [3.05, 3.63) is 57.7 Å². The lowest BCUT2D eigenvalue weighted by molar-refractivity contribution is -0.116. The first-order valence-corrected chi connectivity index (χ1v) is 7.37. The molecule has 0 aliphatic rings. The van der Waals surface area contributed by atoms with Crippen LogP contribution in [0.3, 0.4) is 0 Å². The predicted molar refractivity (Wildman–Crippen MR) is 89.2 cm³/mol. The third-order valence-electron chi connectivity index (χ3n) is 3.47. The van der Waals surface area contributed by atoms with E-state index in [4.69, 9.17) is 16.3 Å². The number of nitrogens with zero attached hydrogens (tertiary/aromatic N) is 1. The normalized spacial score (nSPS) is 10.8. The summed E-state index contributed by atoms with van der Waals surface area (Å²) in [5.41, 5.74) is 0.771. The van der Waals surface area contributed by atoms with Gasteiger partial charge in [-0.3, -0.25) is 9.36 Å². The number of benzene rings is 2. The summed E-state index contributed by atoms with van der Waals surface area (Å²) in [6, 6.07) is 8.68. The molecule has 1 amide bonds. The molecule has 0 aliphatic carbocycles. The summed E-state index contributed by atoms with van der Waals surface area (Å²) in [4.78, 5) is 26.6. The predicted octanol–water partition coefficient (Wildman–Crippen LogP) is 2.77. The number of anilines is 1. The fraction of sp³-hybridized carbons (Fsp3) is 0.125. The van der Waals surface area contributed by atoms with Crippen molar-refractivity contribution >= 4 is 34.2 Å². The van der Waals surface area contributed by atoms with E-state index in [0.29, 0.717) is 27.5 Å².